The molecule has 0 aromatic heterocycles. The van der Waals surface area contributed by atoms with Gasteiger partial charge in [-0.25, -0.2) is 4.79 Å². The summed E-state index contributed by atoms with van der Waals surface area (Å²) in [7, 11) is 0. The van der Waals surface area contributed by atoms with Crippen LogP contribution in [0.4, 0.5) is 5.69 Å². The molecule has 0 saturated carbocycles. The van der Waals surface area contributed by atoms with Crippen molar-refractivity contribution < 1.29 is 24.2 Å². The molecule has 3 aromatic rings. The summed E-state index contributed by atoms with van der Waals surface area (Å²) in [5, 5.41) is 15.3. The van der Waals surface area contributed by atoms with Crippen LogP contribution in [0.5, 0.6) is 11.5 Å². The van der Waals surface area contributed by atoms with Crippen molar-refractivity contribution in [3.8, 4) is 11.5 Å². The number of benzene rings is 3. The minimum Gasteiger partial charge on any atom is -0.490 e. The maximum atomic E-state index is 13.0. The number of rotatable bonds is 8. The van der Waals surface area contributed by atoms with Gasteiger partial charge in [-0.15, -0.1) is 0 Å². The average Bonchev–Trinajstić information content (AvgIpc) is 3.13. The van der Waals surface area contributed by atoms with Gasteiger partial charge in [0.1, 0.15) is 6.61 Å². The molecule has 0 fully saturated rings. The zero-order valence-corrected chi connectivity index (χ0v) is 20.0. The van der Waals surface area contributed by atoms with Gasteiger partial charge in [0.05, 0.1) is 34.2 Å². The van der Waals surface area contributed by atoms with Gasteiger partial charge in [-0.1, -0.05) is 41.9 Å². The van der Waals surface area contributed by atoms with E-state index >= 15 is 0 Å². The average molecular weight is 491 g/mol. The molecule has 0 atom stereocenters. The van der Waals surface area contributed by atoms with Gasteiger partial charge in [-0.05, 0) is 67.4 Å². The summed E-state index contributed by atoms with van der Waals surface area (Å²) in [6.07, 6.45) is 1.72. The molecule has 1 amide bonds. The highest BCUT2D eigenvalue weighted by atomic mass is 35.5. The molecular formula is C27H23ClN2O5. The molecule has 0 bridgehead atoms. The minimum absolute atomic E-state index is 0.109. The number of anilines is 1. The number of hydrogen-bond donors (Lipinski definition) is 1. The van der Waals surface area contributed by atoms with Gasteiger partial charge >= 0.3 is 5.97 Å². The highest BCUT2D eigenvalue weighted by Gasteiger charge is 2.28. The second-order valence-corrected chi connectivity index (χ2v) is 8.16. The number of amides is 1. The number of nitrogens with zero attached hydrogens (tertiary/aromatic N) is 2. The fraction of sp³-hybridized carbons (Fsp3) is 0.148. The molecule has 0 saturated heterocycles. The molecule has 0 unspecified atom stereocenters. The molecule has 1 heterocycles. The number of ether oxygens (including phenoxy) is 2. The summed E-state index contributed by atoms with van der Waals surface area (Å²) < 4.78 is 11.7. The van der Waals surface area contributed by atoms with Gasteiger partial charge in [0.15, 0.2) is 11.5 Å². The number of hydrogen-bond acceptors (Lipinski definition) is 5. The number of carboxylic acid groups (broad SMARTS) is 1. The van der Waals surface area contributed by atoms with Crippen LogP contribution in [-0.4, -0.2) is 29.3 Å². The number of carbonyl (C=O) groups is 2. The molecule has 178 valence electrons. The van der Waals surface area contributed by atoms with E-state index in [0.29, 0.717) is 51.2 Å². The molecule has 0 radical (unpaired) electrons. The standard InChI is InChI=1S/C27H23ClN2O5/c1-3-34-24-15-19(13-22-17(2)29-30(26(22)31)21-10-5-4-6-11-21)14-23(28)25(24)35-16-18-8-7-9-20(12-18)27(32)33/h4-15H,3,16H2,1-2H3,(H,32,33)/b22-13-. The third kappa shape index (κ3) is 5.36. The molecular weight excluding hydrogens is 468 g/mol. The Morgan fingerprint density at radius 3 is 2.57 bits per heavy atom. The van der Waals surface area contributed by atoms with E-state index in [0.717, 1.165) is 0 Å². The second-order valence-electron chi connectivity index (χ2n) is 7.75. The van der Waals surface area contributed by atoms with E-state index in [1.54, 1.807) is 43.3 Å². The first-order valence-corrected chi connectivity index (χ1v) is 11.3. The Labute approximate surface area is 207 Å². The van der Waals surface area contributed by atoms with Crippen LogP contribution < -0.4 is 14.5 Å². The third-order valence-electron chi connectivity index (χ3n) is 5.26. The van der Waals surface area contributed by atoms with Gasteiger partial charge in [-0.3, -0.25) is 4.79 Å². The zero-order chi connectivity index (χ0) is 24.9. The third-order valence-corrected chi connectivity index (χ3v) is 5.54. The van der Waals surface area contributed by atoms with Crippen LogP contribution in [0, 0.1) is 0 Å². The van der Waals surface area contributed by atoms with E-state index in [9.17, 15) is 14.7 Å². The van der Waals surface area contributed by atoms with Crippen LogP contribution in [0.15, 0.2) is 77.4 Å². The zero-order valence-electron chi connectivity index (χ0n) is 19.2. The number of halogens is 1. The predicted octanol–water partition coefficient (Wildman–Crippen LogP) is 5.82. The lowest BCUT2D eigenvalue weighted by Crippen LogP contribution is -2.21. The van der Waals surface area contributed by atoms with E-state index in [1.165, 1.54) is 11.1 Å². The molecule has 0 aliphatic carbocycles. The second kappa shape index (κ2) is 10.4. The quantitative estimate of drug-likeness (QED) is 0.402. The van der Waals surface area contributed by atoms with Crippen LogP contribution in [-0.2, 0) is 11.4 Å². The summed E-state index contributed by atoms with van der Waals surface area (Å²) in [6.45, 7) is 4.11. The summed E-state index contributed by atoms with van der Waals surface area (Å²) >= 11 is 6.55. The summed E-state index contributed by atoms with van der Waals surface area (Å²) in [5.41, 5.74) is 3.24. The van der Waals surface area contributed by atoms with Gasteiger partial charge in [-0.2, -0.15) is 10.1 Å². The summed E-state index contributed by atoms with van der Waals surface area (Å²) in [4.78, 5) is 24.3. The fourth-order valence-corrected chi connectivity index (χ4v) is 3.89. The molecule has 35 heavy (non-hydrogen) atoms. The molecule has 7 nitrogen and oxygen atoms in total. The van der Waals surface area contributed by atoms with Crippen LogP contribution in [0.25, 0.3) is 6.08 Å². The van der Waals surface area contributed by atoms with Crippen molar-refractivity contribution in [1.82, 2.24) is 0 Å². The number of carboxylic acids is 1. The Morgan fingerprint density at radius 1 is 1.09 bits per heavy atom. The van der Waals surface area contributed by atoms with Gasteiger partial charge in [0.25, 0.3) is 5.91 Å². The lowest BCUT2D eigenvalue weighted by atomic mass is 10.1. The van der Waals surface area contributed by atoms with Gasteiger partial charge < -0.3 is 14.6 Å². The highest BCUT2D eigenvalue weighted by molar-refractivity contribution is 6.33. The Hall–Kier alpha value is -4.10. The van der Waals surface area contributed by atoms with Crippen molar-refractivity contribution in [1.29, 1.82) is 0 Å². The Kier molecular flexibility index (Phi) is 7.17. The van der Waals surface area contributed by atoms with Crippen LogP contribution in [0.2, 0.25) is 5.02 Å². The molecule has 1 aliphatic rings. The number of carbonyl (C=O) groups excluding carboxylic acids is 1. The van der Waals surface area contributed by atoms with E-state index in [1.807, 2.05) is 37.3 Å². The van der Waals surface area contributed by atoms with Crippen molar-refractivity contribution >= 4 is 41.0 Å². The lowest BCUT2D eigenvalue weighted by molar-refractivity contribution is -0.114. The van der Waals surface area contributed by atoms with Crippen molar-refractivity contribution in [3.63, 3.8) is 0 Å². The lowest BCUT2D eigenvalue weighted by Gasteiger charge is -2.15. The van der Waals surface area contributed by atoms with Crippen LogP contribution in [0.1, 0.15) is 35.3 Å². The predicted molar refractivity (Wildman–Crippen MR) is 135 cm³/mol. The van der Waals surface area contributed by atoms with E-state index in [2.05, 4.69) is 5.10 Å². The van der Waals surface area contributed by atoms with Crippen LogP contribution >= 0.6 is 11.6 Å². The number of para-hydroxylation sites is 1. The van der Waals surface area contributed by atoms with Crippen molar-refractivity contribution in [2.45, 2.75) is 20.5 Å². The SMILES string of the molecule is CCOc1cc(/C=C2\C(=O)N(c3ccccc3)N=C2C)cc(Cl)c1OCc1cccc(C(=O)O)c1. The first-order valence-electron chi connectivity index (χ1n) is 11.0. The van der Waals surface area contributed by atoms with Crippen molar-refractivity contribution in [3.05, 3.63) is 94.0 Å². The Morgan fingerprint density at radius 2 is 1.86 bits per heavy atom. The number of aromatic carboxylic acids is 1. The minimum atomic E-state index is -1.01. The summed E-state index contributed by atoms with van der Waals surface area (Å²) in [6, 6.07) is 19.1. The van der Waals surface area contributed by atoms with Gasteiger partial charge in [0, 0.05) is 0 Å². The Bertz CT molecular complexity index is 1330. The first kappa shape index (κ1) is 24.0. The van der Waals surface area contributed by atoms with E-state index in [4.69, 9.17) is 21.1 Å². The highest BCUT2D eigenvalue weighted by Crippen LogP contribution is 2.38. The maximum absolute atomic E-state index is 13.0. The molecule has 1 N–H and O–H groups in total. The van der Waals surface area contributed by atoms with E-state index in [-0.39, 0.29) is 18.1 Å². The maximum Gasteiger partial charge on any atom is 0.335 e. The molecule has 0 spiro atoms. The van der Waals surface area contributed by atoms with E-state index < -0.39 is 5.97 Å². The molecule has 1 aliphatic heterocycles. The van der Waals surface area contributed by atoms with Crippen molar-refractivity contribution in [2.75, 3.05) is 11.6 Å². The smallest absolute Gasteiger partial charge is 0.335 e. The topological polar surface area (TPSA) is 88.4 Å². The monoisotopic (exact) mass is 490 g/mol. The molecule has 3 aromatic carbocycles. The largest absolute Gasteiger partial charge is 0.490 e. The van der Waals surface area contributed by atoms with Gasteiger partial charge in [0.2, 0.25) is 0 Å². The molecule has 8 heteroatoms. The summed E-state index contributed by atoms with van der Waals surface area (Å²) in [5.74, 6) is -0.489. The van der Waals surface area contributed by atoms with Crippen molar-refractivity contribution in [2.24, 2.45) is 5.10 Å². The van der Waals surface area contributed by atoms with Crippen LogP contribution in [0.3, 0.4) is 0 Å². The Balaban J connectivity index is 1.60. The first-order chi connectivity index (χ1) is 16.9. The number of hydrazone groups is 1. The normalized spacial score (nSPS) is 14.3. The molecule has 4 rings (SSSR count). The fourth-order valence-electron chi connectivity index (χ4n) is 3.62.